The molecule has 1 aromatic carbocycles. The molecule has 1 aromatic rings. The fourth-order valence-corrected chi connectivity index (χ4v) is 3.02. The molecule has 6 heteroatoms. The number of benzene rings is 1. The summed E-state index contributed by atoms with van der Waals surface area (Å²) >= 11 is 0. The van der Waals surface area contributed by atoms with Crippen molar-refractivity contribution in [3.63, 3.8) is 0 Å². The van der Waals surface area contributed by atoms with Crippen LogP contribution < -0.4 is 5.73 Å². The second kappa shape index (κ2) is 6.18. The van der Waals surface area contributed by atoms with E-state index in [4.69, 9.17) is 5.73 Å². The van der Waals surface area contributed by atoms with Gasteiger partial charge in [-0.2, -0.15) is 0 Å². The number of nitrogens with zero attached hydrogens (tertiary/aromatic N) is 2. The standard InChI is InChI=1S/C16H20F3N3/c17-12-7-10(8-13(18)15(12)19)11-9-14(11)21-16(20)22-5-3-1-2-4-6-22/h7-8,11,14H,1-6,9H2,(H2,20,21)/t11-,14+/m0/s1. The second-order valence-corrected chi connectivity index (χ2v) is 6.10. The van der Waals surface area contributed by atoms with Crippen LogP contribution in [0.2, 0.25) is 0 Å². The Morgan fingerprint density at radius 1 is 1.05 bits per heavy atom. The van der Waals surface area contributed by atoms with Gasteiger partial charge < -0.3 is 10.6 Å². The summed E-state index contributed by atoms with van der Waals surface area (Å²) in [6, 6.07) is 2.05. The van der Waals surface area contributed by atoms with Gasteiger partial charge in [-0.15, -0.1) is 0 Å². The lowest BCUT2D eigenvalue weighted by Crippen LogP contribution is -2.38. The fraction of sp³-hybridized carbons (Fsp3) is 0.562. The maximum Gasteiger partial charge on any atom is 0.194 e. The van der Waals surface area contributed by atoms with Crippen molar-refractivity contribution < 1.29 is 13.2 Å². The van der Waals surface area contributed by atoms with Crippen molar-refractivity contribution in [3.05, 3.63) is 35.1 Å². The van der Waals surface area contributed by atoms with Crippen LogP contribution >= 0.6 is 0 Å². The molecular weight excluding hydrogens is 291 g/mol. The maximum absolute atomic E-state index is 13.3. The van der Waals surface area contributed by atoms with Gasteiger partial charge >= 0.3 is 0 Å². The van der Waals surface area contributed by atoms with Crippen LogP contribution in [0.3, 0.4) is 0 Å². The zero-order valence-corrected chi connectivity index (χ0v) is 12.4. The van der Waals surface area contributed by atoms with Crippen LogP contribution in [0.15, 0.2) is 17.1 Å². The van der Waals surface area contributed by atoms with Crippen molar-refractivity contribution in [2.75, 3.05) is 13.1 Å². The number of hydrogen-bond donors (Lipinski definition) is 1. The van der Waals surface area contributed by atoms with E-state index in [-0.39, 0.29) is 12.0 Å². The molecule has 3 rings (SSSR count). The quantitative estimate of drug-likeness (QED) is 0.518. The van der Waals surface area contributed by atoms with E-state index >= 15 is 0 Å². The van der Waals surface area contributed by atoms with Crippen LogP contribution in [0.5, 0.6) is 0 Å². The molecule has 0 unspecified atom stereocenters. The topological polar surface area (TPSA) is 41.6 Å². The zero-order valence-electron chi connectivity index (χ0n) is 12.4. The number of nitrogens with two attached hydrogens (primary N) is 1. The van der Waals surface area contributed by atoms with E-state index in [1.807, 2.05) is 0 Å². The lowest BCUT2D eigenvalue weighted by Gasteiger charge is -2.21. The number of aliphatic imine (C=N–C) groups is 1. The molecule has 0 radical (unpaired) electrons. The predicted molar refractivity (Wildman–Crippen MR) is 79.1 cm³/mol. The van der Waals surface area contributed by atoms with Crippen molar-refractivity contribution in [2.45, 2.75) is 44.1 Å². The zero-order chi connectivity index (χ0) is 15.7. The average Bonchev–Trinajstić information content (AvgIpc) is 3.27. The van der Waals surface area contributed by atoms with E-state index in [0.717, 1.165) is 38.1 Å². The van der Waals surface area contributed by atoms with Crippen molar-refractivity contribution in [3.8, 4) is 0 Å². The summed E-state index contributed by atoms with van der Waals surface area (Å²) in [5, 5.41) is 0. The number of likely N-dealkylation sites (tertiary alicyclic amines) is 1. The van der Waals surface area contributed by atoms with Gasteiger partial charge in [-0.25, -0.2) is 18.2 Å². The van der Waals surface area contributed by atoms with Gasteiger partial charge in [0.1, 0.15) is 0 Å². The van der Waals surface area contributed by atoms with Crippen LogP contribution in [0.25, 0.3) is 0 Å². The number of rotatable bonds is 2. The van der Waals surface area contributed by atoms with E-state index in [2.05, 4.69) is 9.89 Å². The molecule has 0 spiro atoms. The Labute approximate surface area is 128 Å². The first-order valence-corrected chi connectivity index (χ1v) is 7.79. The molecule has 1 aliphatic heterocycles. The van der Waals surface area contributed by atoms with Crippen LogP contribution in [-0.2, 0) is 0 Å². The molecule has 3 nitrogen and oxygen atoms in total. The van der Waals surface area contributed by atoms with Crippen molar-refractivity contribution in [1.82, 2.24) is 4.90 Å². The average molecular weight is 311 g/mol. The molecule has 1 heterocycles. The Morgan fingerprint density at radius 2 is 1.64 bits per heavy atom. The van der Waals surface area contributed by atoms with Gasteiger partial charge in [0.05, 0.1) is 6.04 Å². The molecule has 1 aliphatic carbocycles. The minimum Gasteiger partial charge on any atom is -0.370 e. The third kappa shape index (κ3) is 3.20. The van der Waals surface area contributed by atoms with Gasteiger partial charge in [-0.1, -0.05) is 12.8 Å². The van der Waals surface area contributed by atoms with Crippen molar-refractivity contribution >= 4 is 5.96 Å². The van der Waals surface area contributed by atoms with Crippen molar-refractivity contribution in [2.24, 2.45) is 10.7 Å². The summed E-state index contributed by atoms with van der Waals surface area (Å²) in [6.07, 6.45) is 5.34. The third-order valence-corrected chi connectivity index (χ3v) is 4.42. The minimum atomic E-state index is -1.42. The summed E-state index contributed by atoms with van der Waals surface area (Å²) < 4.78 is 39.5. The lowest BCUT2D eigenvalue weighted by molar-refractivity contribution is 0.428. The molecule has 2 fully saturated rings. The third-order valence-electron chi connectivity index (χ3n) is 4.42. The van der Waals surface area contributed by atoms with Crippen LogP contribution in [0.1, 0.15) is 43.6 Å². The smallest absolute Gasteiger partial charge is 0.194 e. The second-order valence-electron chi connectivity index (χ2n) is 6.10. The maximum atomic E-state index is 13.3. The van der Waals surface area contributed by atoms with Crippen LogP contribution in [0.4, 0.5) is 13.2 Å². The highest BCUT2D eigenvalue weighted by Crippen LogP contribution is 2.44. The first-order chi connectivity index (χ1) is 10.6. The molecule has 0 aromatic heterocycles. The first kappa shape index (κ1) is 15.2. The largest absolute Gasteiger partial charge is 0.370 e. The van der Waals surface area contributed by atoms with Gasteiger partial charge in [-0.3, -0.25) is 0 Å². The summed E-state index contributed by atoms with van der Waals surface area (Å²) in [6.45, 7) is 1.82. The van der Waals surface area contributed by atoms with E-state index in [1.165, 1.54) is 12.8 Å². The highest BCUT2D eigenvalue weighted by atomic mass is 19.2. The normalized spacial score (nSPS) is 26.0. The molecule has 2 N–H and O–H groups in total. The van der Waals surface area contributed by atoms with Crippen molar-refractivity contribution in [1.29, 1.82) is 0 Å². The molecule has 22 heavy (non-hydrogen) atoms. The molecule has 120 valence electrons. The number of halogens is 3. The van der Waals surface area contributed by atoms with E-state index in [9.17, 15) is 13.2 Å². The molecular formula is C16H20F3N3. The Hall–Kier alpha value is -1.72. The Balaban J connectivity index is 1.67. The Morgan fingerprint density at radius 3 is 2.23 bits per heavy atom. The summed E-state index contributed by atoms with van der Waals surface area (Å²) in [4.78, 5) is 6.55. The predicted octanol–water partition coefficient (Wildman–Crippen LogP) is 3.15. The minimum absolute atomic E-state index is 0.0625. The van der Waals surface area contributed by atoms with Gasteiger partial charge in [0.15, 0.2) is 23.4 Å². The van der Waals surface area contributed by atoms with E-state index < -0.39 is 17.5 Å². The fourth-order valence-electron chi connectivity index (χ4n) is 3.02. The van der Waals surface area contributed by atoms with Crippen LogP contribution in [0, 0.1) is 17.5 Å². The molecule has 0 bridgehead atoms. The van der Waals surface area contributed by atoms with Gasteiger partial charge in [-0.05, 0) is 37.0 Å². The Bertz CT molecular complexity index is 557. The summed E-state index contributed by atoms with van der Waals surface area (Å²) in [5.41, 5.74) is 6.50. The van der Waals surface area contributed by atoms with Crippen LogP contribution in [-0.4, -0.2) is 30.0 Å². The number of guanidine groups is 1. The van der Waals surface area contributed by atoms with Gasteiger partial charge in [0.25, 0.3) is 0 Å². The van der Waals surface area contributed by atoms with Gasteiger partial charge in [0, 0.05) is 19.0 Å². The Kier molecular flexibility index (Phi) is 4.27. The molecule has 2 atom stereocenters. The van der Waals surface area contributed by atoms with E-state index in [1.54, 1.807) is 0 Å². The number of hydrogen-bond acceptors (Lipinski definition) is 1. The van der Waals surface area contributed by atoms with E-state index in [0.29, 0.717) is 17.9 Å². The first-order valence-electron chi connectivity index (χ1n) is 7.79. The molecule has 1 saturated carbocycles. The molecule has 2 aliphatic rings. The molecule has 1 saturated heterocycles. The lowest BCUT2D eigenvalue weighted by atomic mass is 10.1. The SMILES string of the molecule is NC(=N[C@@H]1C[C@H]1c1cc(F)c(F)c(F)c1)N1CCCCCC1. The van der Waals surface area contributed by atoms with Gasteiger partial charge in [0.2, 0.25) is 0 Å². The highest BCUT2D eigenvalue weighted by molar-refractivity contribution is 5.78. The summed E-state index contributed by atoms with van der Waals surface area (Å²) in [5.74, 6) is -3.28. The molecule has 0 amide bonds. The summed E-state index contributed by atoms with van der Waals surface area (Å²) in [7, 11) is 0. The monoisotopic (exact) mass is 311 g/mol. The highest BCUT2D eigenvalue weighted by Gasteiger charge is 2.39.